The van der Waals surface area contributed by atoms with Crippen LogP contribution >= 0.6 is 0 Å². The van der Waals surface area contributed by atoms with E-state index in [0.717, 1.165) is 18.4 Å². The average molecular weight is 310 g/mol. The lowest BCUT2D eigenvalue weighted by Crippen LogP contribution is -2.19. The van der Waals surface area contributed by atoms with E-state index in [-0.39, 0.29) is 19.1 Å². The van der Waals surface area contributed by atoms with Crippen LogP contribution in [0, 0.1) is 5.92 Å². The molecule has 0 amide bonds. The highest BCUT2D eigenvalue weighted by molar-refractivity contribution is 5.76. The summed E-state index contributed by atoms with van der Waals surface area (Å²) < 4.78 is 4.63. The molecule has 0 aromatic heterocycles. The molecule has 0 heterocycles. The van der Waals surface area contributed by atoms with E-state index in [4.69, 9.17) is 10.2 Å². The molecule has 5 nitrogen and oxygen atoms in total. The molecule has 5 heteroatoms. The summed E-state index contributed by atoms with van der Waals surface area (Å²) in [5.74, 6) is -0.633. The third-order valence-electron chi connectivity index (χ3n) is 3.77. The number of aliphatic hydroxyl groups is 2. The number of carboxylic acids is 1. The first-order valence-corrected chi connectivity index (χ1v) is 7.78. The van der Waals surface area contributed by atoms with Crippen LogP contribution in [0.15, 0.2) is 30.3 Å². The van der Waals surface area contributed by atoms with Gasteiger partial charge in [-0.25, -0.2) is 0 Å². The van der Waals surface area contributed by atoms with E-state index in [1.807, 2.05) is 30.3 Å². The first-order valence-electron chi connectivity index (χ1n) is 7.78. The molecule has 124 valence electrons. The van der Waals surface area contributed by atoms with E-state index >= 15 is 0 Å². The van der Waals surface area contributed by atoms with Crippen molar-refractivity contribution in [1.82, 2.24) is 0 Å². The van der Waals surface area contributed by atoms with Crippen molar-refractivity contribution in [2.75, 3.05) is 26.4 Å². The largest absolute Gasteiger partial charge is 0.481 e. The molecule has 0 bridgehead atoms. The Morgan fingerprint density at radius 3 is 2.09 bits per heavy atom. The number of hydrogen-bond donors (Lipinski definition) is 3. The number of carboxylic acid groups (broad SMARTS) is 1. The van der Waals surface area contributed by atoms with Gasteiger partial charge in [-0.1, -0.05) is 43.2 Å². The molecule has 1 fully saturated rings. The second-order valence-electron chi connectivity index (χ2n) is 5.33. The van der Waals surface area contributed by atoms with Crippen LogP contribution in [0.4, 0.5) is 0 Å². The Balaban J connectivity index is 0.000000295. The number of hydrogen-bond acceptors (Lipinski definition) is 4. The van der Waals surface area contributed by atoms with Gasteiger partial charge in [-0.2, -0.15) is 0 Å². The van der Waals surface area contributed by atoms with Gasteiger partial charge >= 0.3 is 5.97 Å². The molecule has 1 aromatic rings. The highest BCUT2D eigenvalue weighted by Crippen LogP contribution is 2.37. The monoisotopic (exact) mass is 310 g/mol. The molecule has 1 aliphatic carbocycles. The molecule has 1 aliphatic rings. The number of rotatable bonds is 7. The van der Waals surface area contributed by atoms with Crippen molar-refractivity contribution in [2.24, 2.45) is 5.92 Å². The van der Waals surface area contributed by atoms with Gasteiger partial charge in [0.15, 0.2) is 0 Å². The van der Waals surface area contributed by atoms with Gasteiger partial charge in [0.2, 0.25) is 0 Å². The summed E-state index contributed by atoms with van der Waals surface area (Å²) in [6, 6.07) is 9.62. The zero-order chi connectivity index (χ0) is 16.2. The smallest absolute Gasteiger partial charge is 0.311 e. The van der Waals surface area contributed by atoms with Crippen LogP contribution in [0.1, 0.15) is 37.2 Å². The van der Waals surface area contributed by atoms with Crippen molar-refractivity contribution in [3.05, 3.63) is 35.9 Å². The van der Waals surface area contributed by atoms with E-state index in [2.05, 4.69) is 4.74 Å². The molecule has 22 heavy (non-hydrogen) atoms. The van der Waals surface area contributed by atoms with Crippen molar-refractivity contribution in [3.63, 3.8) is 0 Å². The standard InChI is InChI=1S/C13H16O2.C4H10O3/c14-13(15)12(11-8-4-5-9-11)10-6-2-1-3-7-10;5-1-3-7-4-2-6/h1-3,6-7,11-12H,4-5,8-9H2,(H,14,15);5-6H,1-4H2. The maximum Gasteiger partial charge on any atom is 0.311 e. The van der Waals surface area contributed by atoms with Crippen LogP contribution in [0.25, 0.3) is 0 Å². The summed E-state index contributed by atoms with van der Waals surface area (Å²) in [4.78, 5) is 11.3. The minimum Gasteiger partial charge on any atom is -0.481 e. The molecule has 2 rings (SSSR count). The van der Waals surface area contributed by atoms with Crippen LogP contribution in [-0.2, 0) is 9.53 Å². The summed E-state index contributed by atoms with van der Waals surface area (Å²) in [5.41, 5.74) is 0.955. The van der Waals surface area contributed by atoms with Gasteiger partial charge in [0.25, 0.3) is 0 Å². The van der Waals surface area contributed by atoms with Crippen molar-refractivity contribution < 1.29 is 24.9 Å². The highest BCUT2D eigenvalue weighted by Gasteiger charge is 2.31. The Morgan fingerprint density at radius 2 is 1.64 bits per heavy atom. The second-order valence-corrected chi connectivity index (χ2v) is 5.33. The third-order valence-corrected chi connectivity index (χ3v) is 3.77. The molecular weight excluding hydrogens is 284 g/mol. The van der Waals surface area contributed by atoms with E-state index in [9.17, 15) is 9.90 Å². The van der Waals surface area contributed by atoms with Crippen LogP contribution in [0.5, 0.6) is 0 Å². The molecule has 0 aliphatic heterocycles. The minimum absolute atomic E-state index is 0.0278. The maximum absolute atomic E-state index is 11.3. The summed E-state index contributed by atoms with van der Waals surface area (Å²) in [6.45, 7) is 0.696. The third kappa shape index (κ3) is 6.56. The summed E-state index contributed by atoms with van der Waals surface area (Å²) in [6.07, 6.45) is 4.49. The van der Waals surface area contributed by atoms with E-state index in [0.29, 0.717) is 19.1 Å². The summed E-state index contributed by atoms with van der Waals surface area (Å²) in [5, 5.41) is 25.5. The van der Waals surface area contributed by atoms with Crippen molar-refractivity contribution in [2.45, 2.75) is 31.6 Å². The topological polar surface area (TPSA) is 87.0 Å². The number of carbonyl (C=O) groups is 1. The van der Waals surface area contributed by atoms with Crippen LogP contribution in [0.2, 0.25) is 0 Å². The predicted molar refractivity (Wildman–Crippen MR) is 83.8 cm³/mol. The molecule has 1 atom stereocenters. The molecule has 0 spiro atoms. The Labute approximate surface area is 131 Å². The van der Waals surface area contributed by atoms with Crippen molar-refractivity contribution >= 4 is 5.97 Å². The Kier molecular flexibility index (Phi) is 9.46. The quantitative estimate of drug-likeness (QED) is 0.671. The molecule has 0 radical (unpaired) electrons. The fourth-order valence-corrected chi connectivity index (χ4v) is 2.80. The van der Waals surface area contributed by atoms with Crippen molar-refractivity contribution in [3.8, 4) is 0 Å². The average Bonchev–Trinajstić information content (AvgIpc) is 3.03. The predicted octanol–water partition coefficient (Wildman–Crippen LogP) is 2.03. The van der Waals surface area contributed by atoms with Gasteiger partial charge in [-0.15, -0.1) is 0 Å². The first kappa shape index (κ1) is 18.6. The van der Waals surface area contributed by atoms with Gasteiger partial charge in [-0.3, -0.25) is 4.79 Å². The lowest BCUT2D eigenvalue weighted by molar-refractivity contribution is -0.140. The highest BCUT2D eigenvalue weighted by atomic mass is 16.5. The maximum atomic E-state index is 11.3. The fourth-order valence-electron chi connectivity index (χ4n) is 2.80. The molecule has 1 saturated carbocycles. The van der Waals surface area contributed by atoms with E-state index in [1.54, 1.807) is 0 Å². The van der Waals surface area contributed by atoms with Crippen molar-refractivity contribution in [1.29, 1.82) is 0 Å². The number of aliphatic hydroxyl groups excluding tert-OH is 2. The van der Waals surface area contributed by atoms with E-state index < -0.39 is 5.97 Å². The van der Waals surface area contributed by atoms with Crippen LogP contribution in [0.3, 0.4) is 0 Å². The van der Waals surface area contributed by atoms with E-state index in [1.165, 1.54) is 12.8 Å². The SMILES string of the molecule is O=C(O)C(c1ccccc1)C1CCCC1.OCCOCCO. The fraction of sp³-hybridized carbons (Fsp3) is 0.588. The van der Waals surface area contributed by atoms with Gasteiger partial charge < -0.3 is 20.1 Å². The molecule has 0 saturated heterocycles. The Hall–Kier alpha value is -1.43. The number of ether oxygens (including phenoxy) is 1. The molecule has 3 N–H and O–H groups in total. The first-order chi connectivity index (χ1) is 10.7. The van der Waals surface area contributed by atoms with Crippen LogP contribution in [-0.4, -0.2) is 47.7 Å². The van der Waals surface area contributed by atoms with Gasteiger partial charge in [0, 0.05) is 0 Å². The summed E-state index contributed by atoms with van der Waals surface area (Å²) in [7, 11) is 0. The van der Waals surface area contributed by atoms with Gasteiger partial charge in [0.1, 0.15) is 0 Å². The molecule has 1 aromatic carbocycles. The minimum atomic E-state index is -0.673. The zero-order valence-electron chi connectivity index (χ0n) is 12.9. The van der Waals surface area contributed by atoms with Gasteiger partial charge in [-0.05, 0) is 24.3 Å². The Bertz CT molecular complexity index is 397. The number of aliphatic carboxylic acids is 1. The normalized spacial score (nSPS) is 15.9. The second kappa shape index (κ2) is 11.2. The number of benzene rings is 1. The Morgan fingerprint density at radius 1 is 1.09 bits per heavy atom. The lowest BCUT2D eigenvalue weighted by Gasteiger charge is -2.19. The van der Waals surface area contributed by atoms with Gasteiger partial charge in [0.05, 0.1) is 32.3 Å². The summed E-state index contributed by atoms with van der Waals surface area (Å²) >= 11 is 0. The lowest BCUT2D eigenvalue weighted by atomic mass is 9.85. The van der Waals surface area contributed by atoms with Crippen LogP contribution < -0.4 is 0 Å². The molecule has 1 unspecified atom stereocenters. The molecular formula is C17H26O5. The zero-order valence-corrected chi connectivity index (χ0v) is 12.9.